The van der Waals surface area contributed by atoms with Crippen LogP contribution >= 0.6 is 15.9 Å². The van der Waals surface area contributed by atoms with Crippen LogP contribution in [0.1, 0.15) is 37.0 Å². The van der Waals surface area contributed by atoms with Crippen LogP contribution in [0, 0.1) is 5.41 Å². The monoisotopic (exact) mass is 329 g/mol. The Labute approximate surface area is 122 Å². The molecule has 3 N–H and O–H groups in total. The van der Waals surface area contributed by atoms with E-state index >= 15 is 0 Å². The largest absolute Gasteiger partial charge is 0.508 e. The maximum absolute atomic E-state index is 12.0. The Kier molecular flexibility index (Phi) is 5.66. The summed E-state index contributed by atoms with van der Waals surface area (Å²) in [7, 11) is 0. The van der Waals surface area contributed by atoms with Gasteiger partial charge in [0.2, 0.25) is 0 Å². The van der Waals surface area contributed by atoms with E-state index in [1.54, 1.807) is 0 Å². The number of hydrogen-bond acceptors (Lipinski definition) is 3. The molecule has 5 heteroatoms. The Hall–Kier alpha value is -1.23. The number of phenolic OH excluding ortho intramolecular Hbond substituents is 2. The van der Waals surface area contributed by atoms with Gasteiger partial charge in [0.15, 0.2) is 0 Å². The van der Waals surface area contributed by atoms with Crippen molar-refractivity contribution in [3.05, 3.63) is 23.8 Å². The molecule has 0 aliphatic rings. The normalized spacial score (nSPS) is 11.3. The van der Waals surface area contributed by atoms with Crippen LogP contribution in [0.5, 0.6) is 11.5 Å². The highest BCUT2D eigenvalue weighted by molar-refractivity contribution is 9.09. The lowest BCUT2D eigenvalue weighted by molar-refractivity contribution is 0.0929. The first kappa shape index (κ1) is 15.8. The smallest absolute Gasteiger partial charge is 0.255 e. The summed E-state index contributed by atoms with van der Waals surface area (Å²) >= 11 is 3.49. The van der Waals surface area contributed by atoms with Crippen molar-refractivity contribution in [1.29, 1.82) is 0 Å². The quantitative estimate of drug-likeness (QED) is 0.555. The van der Waals surface area contributed by atoms with Gasteiger partial charge in [0, 0.05) is 11.9 Å². The standard InChI is InChI=1S/C14H20BrNO3/c1-3-14(4-2,8-15)9-16-13(19)11-7-10(17)5-6-12(11)18/h5-7,17-18H,3-4,8-9H2,1-2H3,(H,16,19). The first-order chi connectivity index (χ1) is 8.98. The van der Waals surface area contributed by atoms with Crippen molar-refractivity contribution in [3.63, 3.8) is 0 Å². The molecule has 4 nitrogen and oxygen atoms in total. The molecule has 1 aromatic carbocycles. The molecule has 0 saturated carbocycles. The van der Waals surface area contributed by atoms with Gasteiger partial charge in [-0.05, 0) is 36.5 Å². The van der Waals surface area contributed by atoms with Crippen LogP contribution in [-0.4, -0.2) is 28.0 Å². The van der Waals surface area contributed by atoms with Gasteiger partial charge in [-0.1, -0.05) is 29.8 Å². The highest BCUT2D eigenvalue weighted by Gasteiger charge is 2.26. The van der Waals surface area contributed by atoms with Crippen LogP contribution in [0.2, 0.25) is 0 Å². The summed E-state index contributed by atoms with van der Waals surface area (Å²) in [5.74, 6) is -0.547. The Morgan fingerprint density at radius 1 is 1.32 bits per heavy atom. The van der Waals surface area contributed by atoms with Gasteiger partial charge < -0.3 is 15.5 Å². The topological polar surface area (TPSA) is 69.6 Å². The van der Waals surface area contributed by atoms with E-state index in [0.29, 0.717) is 6.54 Å². The van der Waals surface area contributed by atoms with E-state index in [9.17, 15) is 15.0 Å². The maximum atomic E-state index is 12.0. The van der Waals surface area contributed by atoms with Gasteiger partial charge in [0.25, 0.3) is 5.91 Å². The molecule has 0 saturated heterocycles. The summed E-state index contributed by atoms with van der Waals surface area (Å²) in [6, 6.07) is 3.91. The van der Waals surface area contributed by atoms with Crippen LogP contribution in [0.3, 0.4) is 0 Å². The number of hydrogen-bond donors (Lipinski definition) is 3. The molecule has 0 aromatic heterocycles. The third kappa shape index (κ3) is 3.86. The zero-order valence-corrected chi connectivity index (χ0v) is 12.8. The summed E-state index contributed by atoms with van der Waals surface area (Å²) < 4.78 is 0. The lowest BCUT2D eigenvalue weighted by atomic mass is 9.84. The molecule has 0 aliphatic carbocycles. The Bertz CT molecular complexity index is 436. The van der Waals surface area contributed by atoms with Gasteiger partial charge >= 0.3 is 0 Å². The minimum absolute atomic E-state index is 0.0160. The molecule has 1 amide bonds. The van der Waals surface area contributed by atoms with E-state index < -0.39 is 0 Å². The zero-order chi connectivity index (χ0) is 14.5. The predicted octanol–water partition coefficient (Wildman–Crippen LogP) is 3.03. The van der Waals surface area contributed by atoms with Gasteiger partial charge in [0.1, 0.15) is 11.5 Å². The first-order valence-corrected chi connectivity index (χ1v) is 7.46. The van der Waals surface area contributed by atoms with Gasteiger partial charge in [-0.3, -0.25) is 4.79 Å². The summed E-state index contributed by atoms with van der Waals surface area (Å²) in [6.07, 6.45) is 1.89. The molecule has 0 spiro atoms. The molecule has 0 fully saturated rings. The number of benzene rings is 1. The van der Waals surface area contributed by atoms with E-state index in [4.69, 9.17) is 0 Å². The number of nitrogens with one attached hydrogen (secondary N) is 1. The molecule has 1 rings (SSSR count). The van der Waals surface area contributed by atoms with Crippen LogP contribution in [-0.2, 0) is 0 Å². The second kappa shape index (κ2) is 6.80. The average molecular weight is 330 g/mol. The SMILES string of the molecule is CCC(CC)(CBr)CNC(=O)c1cc(O)ccc1O. The lowest BCUT2D eigenvalue weighted by Gasteiger charge is -2.29. The molecule has 0 atom stereocenters. The fourth-order valence-corrected chi connectivity index (χ4v) is 2.80. The number of alkyl halides is 1. The fraction of sp³-hybridized carbons (Fsp3) is 0.500. The van der Waals surface area contributed by atoms with Crippen molar-refractivity contribution in [1.82, 2.24) is 5.32 Å². The molecule has 0 bridgehead atoms. The number of aromatic hydroxyl groups is 2. The molecule has 19 heavy (non-hydrogen) atoms. The van der Waals surface area contributed by atoms with E-state index in [1.807, 2.05) is 0 Å². The number of rotatable bonds is 6. The Morgan fingerprint density at radius 2 is 1.95 bits per heavy atom. The van der Waals surface area contributed by atoms with Crippen molar-refractivity contribution >= 4 is 21.8 Å². The third-order valence-electron chi connectivity index (χ3n) is 3.63. The van der Waals surface area contributed by atoms with Crippen LogP contribution in [0.4, 0.5) is 0 Å². The second-order valence-electron chi connectivity index (χ2n) is 4.72. The molecule has 0 heterocycles. The van der Waals surface area contributed by atoms with Crippen molar-refractivity contribution in [2.75, 3.05) is 11.9 Å². The van der Waals surface area contributed by atoms with E-state index in [-0.39, 0.29) is 28.4 Å². The Morgan fingerprint density at radius 3 is 2.47 bits per heavy atom. The number of carbonyl (C=O) groups is 1. The lowest BCUT2D eigenvalue weighted by Crippen LogP contribution is -2.38. The first-order valence-electron chi connectivity index (χ1n) is 6.34. The molecule has 0 radical (unpaired) electrons. The van der Waals surface area contributed by atoms with Gasteiger partial charge in [-0.25, -0.2) is 0 Å². The minimum Gasteiger partial charge on any atom is -0.508 e. The summed E-state index contributed by atoms with van der Waals surface area (Å²) in [5, 5.41) is 22.6. The summed E-state index contributed by atoms with van der Waals surface area (Å²) in [6.45, 7) is 4.70. The molecule has 0 unspecified atom stereocenters. The predicted molar refractivity (Wildman–Crippen MR) is 78.9 cm³/mol. The molecule has 106 valence electrons. The van der Waals surface area contributed by atoms with Crippen LogP contribution in [0.25, 0.3) is 0 Å². The van der Waals surface area contributed by atoms with Gasteiger partial charge in [-0.15, -0.1) is 0 Å². The van der Waals surface area contributed by atoms with Crippen LogP contribution < -0.4 is 5.32 Å². The number of halogens is 1. The van der Waals surface area contributed by atoms with E-state index in [2.05, 4.69) is 35.1 Å². The molecule has 0 aliphatic heterocycles. The molecular weight excluding hydrogens is 310 g/mol. The zero-order valence-electron chi connectivity index (χ0n) is 11.2. The van der Waals surface area contributed by atoms with Crippen molar-refractivity contribution in [2.45, 2.75) is 26.7 Å². The van der Waals surface area contributed by atoms with Crippen molar-refractivity contribution < 1.29 is 15.0 Å². The van der Waals surface area contributed by atoms with E-state index in [0.717, 1.165) is 18.2 Å². The third-order valence-corrected chi connectivity index (χ3v) is 4.82. The fourth-order valence-electron chi connectivity index (χ4n) is 1.81. The highest BCUT2D eigenvalue weighted by Crippen LogP contribution is 2.28. The molecular formula is C14H20BrNO3. The van der Waals surface area contributed by atoms with Crippen LogP contribution in [0.15, 0.2) is 18.2 Å². The number of carbonyl (C=O) groups excluding carboxylic acids is 1. The van der Waals surface area contributed by atoms with Crippen molar-refractivity contribution in [2.24, 2.45) is 5.41 Å². The number of amides is 1. The maximum Gasteiger partial charge on any atom is 0.255 e. The average Bonchev–Trinajstić information content (AvgIpc) is 2.43. The van der Waals surface area contributed by atoms with Crippen molar-refractivity contribution in [3.8, 4) is 11.5 Å². The molecule has 1 aromatic rings. The van der Waals surface area contributed by atoms with Gasteiger partial charge in [-0.2, -0.15) is 0 Å². The number of phenols is 2. The van der Waals surface area contributed by atoms with E-state index in [1.165, 1.54) is 18.2 Å². The highest BCUT2D eigenvalue weighted by atomic mass is 79.9. The Balaban J connectivity index is 2.77. The van der Waals surface area contributed by atoms with Gasteiger partial charge in [0.05, 0.1) is 5.56 Å². The minimum atomic E-state index is -0.374. The summed E-state index contributed by atoms with van der Waals surface area (Å²) in [4.78, 5) is 12.0. The summed E-state index contributed by atoms with van der Waals surface area (Å²) in [5.41, 5.74) is 0.109. The second-order valence-corrected chi connectivity index (χ2v) is 5.29.